The number of hydrogen-bond acceptors (Lipinski definition) is 3. The molecule has 1 aliphatic rings. The second-order valence-electron chi connectivity index (χ2n) is 3.83. The summed E-state index contributed by atoms with van der Waals surface area (Å²) in [5, 5.41) is 0. The van der Waals surface area contributed by atoms with Gasteiger partial charge < -0.3 is 5.73 Å². The molecule has 0 amide bonds. The summed E-state index contributed by atoms with van der Waals surface area (Å²) in [5.41, 5.74) is 5.71. The largest absolute Gasteiger partial charge is 0.350 e. The Morgan fingerprint density at radius 3 is 2.40 bits per heavy atom. The molecule has 0 radical (unpaired) electrons. The third kappa shape index (κ3) is 3.66. The fraction of sp³-hybridized carbons (Fsp3) is 1.00. The van der Waals surface area contributed by atoms with E-state index in [1.54, 1.807) is 0 Å². The summed E-state index contributed by atoms with van der Waals surface area (Å²) in [7, 11) is -4.51. The molecule has 0 aromatic rings. The van der Waals surface area contributed by atoms with E-state index in [2.05, 4.69) is 0 Å². The molecule has 15 heavy (non-hydrogen) atoms. The van der Waals surface area contributed by atoms with E-state index in [-0.39, 0.29) is 6.04 Å². The number of rotatable bonds is 3. The maximum atomic E-state index is 12.1. The first-order valence-corrected chi connectivity index (χ1v) is 6.53. The molecule has 0 saturated heterocycles. The Balaban J connectivity index is 2.63. The fourth-order valence-corrected chi connectivity index (χ4v) is 2.56. The highest BCUT2D eigenvalue weighted by Gasteiger charge is 2.30. The molecule has 7 heteroatoms. The number of hydrogen-bond donors (Lipinski definition) is 2. The maximum Gasteiger partial charge on any atom is 0.350 e. The van der Waals surface area contributed by atoms with Crippen molar-refractivity contribution in [2.24, 2.45) is 5.73 Å². The predicted octanol–water partition coefficient (Wildman–Crippen LogP) is 0.788. The van der Waals surface area contributed by atoms with E-state index < -0.39 is 21.8 Å². The Labute approximate surface area is 88.3 Å². The molecule has 4 nitrogen and oxygen atoms in total. The summed E-state index contributed by atoms with van der Waals surface area (Å²) in [4.78, 5) is 0. The Hall–Kier alpha value is -0.270. The van der Waals surface area contributed by atoms with Crippen LogP contribution in [-0.2, 0) is 10.0 Å². The van der Waals surface area contributed by atoms with Gasteiger partial charge in [-0.05, 0) is 12.8 Å². The van der Waals surface area contributed by atoms with Crippen LogP contribution in [0.5, 0.6) is 0 Å². The van der Waals surface area contributed by atoms with Crippen LogP contribution in [0.2, 0.25) is 0 Å². The van der Waals surface area contributed by atoms with Gasteiger partial charge in [-0.25, -0.2) is 13.1 Å². The van der Waals surface area contributed by atoms with Crippen LogP contribution in [-0.4, -0.2) is 26.3 Å². The Kier molecular flexibility index (Phi) is 4.42. The monoisotopic (exact) mass is 242 g/mol. The zero-order chi connectivity index (χ0) is 11.5. The normalized spacial score (nSPS) is 29.1. The van der Waals surface area contributed by atoms with Gasteiger partial charge in [0.1, 0.15) is 0 Å². The summed E-state index contributed by atoms with van der Waals surface area (Å²) in [6, 6.07) is -0.910. The Morgan fingerprint density at radius 2 is 1.80 bits per heavy atom. The lowest BCUT2D eigenvalue weighted by Gasteiger charge is -2.22. The van der Waals surface area contributed by atoms with Gasteiger partial charge in [0.2, 0.25) is 0 Å². The molecule has 1 aliphatic carbocycles. The molecule has 0 bridgehead atoms. The second-order valence-corrected chi connectivity index (χ2v) is 5.51. The summed E-state index contributed by atoms with van der Waals surface area (Å²) in [5.74, 6) is -3.38. The molecule has 2 atom stereocenters. The number of alkyl halides is 2. The van der Waals surface area contributed by atoms with Gasteiger partial charge in [0.05, 0.1) is 0 Å². The van der Waals surface area contributed by atoms with Crippen LogP contribution in [0.3, 0.4) is 0 Å². The molecule has 0 aromatic carbocycles. The quantitative estimate of drug-likeness (QED) is 0.719. The van der Waals surface area contributed by atoms with Crippen molar-refractivity contribution in [3.63, 3.8) is 0 Å². The topological polar surface area (TPSA) is 72.2 Å². The first-order valence-electron chi connectivity index (χ1n) is 4.98. The van der Waals surface area contributed by atoms with Gasteiger partial charge in [-0.15, -0.1) is 0 Å². The lowest BCUT2D eigenvalue weighted by Crippen LogP contribution is -2.48. The van der Waals surface area contributed by atoms with Gasteiger partial charge in [0.25, 0.3) is 10.0 Å². The van der Waals surface area contributed by atoms with E-state index >= 15 is 0 Å². The summed E-state index contributed by atoms with van der Waals surface area (Å²) in [6.07, 6.45) is 3.93. The van der Waals surface area contributed by atoms with Crippen molar-refractivity contribution in [1.29, 1.82) is 0 Å². The summed E-state index contributed by atoms with van der Waals surface area (Å²) < 4.78 is 48.1. The Morgan fingerprint density at radius 1 is 1.20 bits per heavy atom. The zero-order valence-corrected chi connectivity index (χ0v) is 9.14. The van der Waals surface area contributed by atoms with Crippen molar-refractivity contribution in [1.82, 2.24) is 4.72 Å². The molecular weight excluding hydrogens is 226 g/mol. The average Bonchev–Trinajstić information content (AvgIpc) is 2.31. The Bertz CT molecular complexity index is 295. The third-order valence-electron chi connectivity index (χ3n) is 2.62. The van der Waals surface area contributed by atoms with Gasteiger partial charge in [-0.3, -0.25) is 0 Å². The molecule has 1 fully saturated rings. The lowest BCUT2D eigenvalue weighted by molar-refractivity contribution is 0.230. The van der Waals surface area contributed by atoms with Crippen LogP contribution in [0.1, 0.15) is 32.1 Å². The average molecular weight is 242 g/mol. The van der Waals surface area contributed by atoms with E-state index in [0.717, 1.165) is 19.3 Å². The van der Waals surface area contributed by atoms with Gasteiger partial charge >= 0.3 is 5.76 Å². The molecule has 0 aliphatic heterocycles. The molecule has 1 rings (SSSR count). The van der Waals surface area contributed by atoms with E-state index in [4.69, 9.17) is 5.73 Å². The highest BCUT2D eigenvalue weighted by Crippen LogP contribution is 2.18. The molecule has 3 N–H and O–H groups in total. The summed E-state index contributed by atoms with van der Waals surface area (Å²) >= 11 is 0. The van der Waals surface area contributed by atoms with Gasteiger partial charge in [0, 0.05) is 12.1 Å². The minimum absolute atomic E-state index is 0.360. The molecular formula is C8H16F2N2O2S. The lowest BCUT2D eigenvalue weighted by atomic mass is 10.1. The molecule has 0 aromatic heterocycles. The minimum Gasteiger partial charge on any atom is -0.326 e. The van der Waals surface area contributed by atoms with Crippen molar-refractivity contribution in [2.45, 2.75) is 49.9 Å². The van der Waals surface area contributed by atoms with E-state index in [0.29, 0.717) is 12.8 Å². The van der Waals surface area contributed by atoms with Crippen molar-refractivity contribution in [3.8, 4) is 0 Å². The summed E-state index contributed by atoms with van der Waals surface area (Å²) in [6.45, 7) is 0. The van der Waals surface area contributed by atoms with E-state index in [1.807, 2.05) is 4.72 Å². The first-order chi connectivity index (χ1) is 6.93. The highest BCUT2D eigenvalue weighted by molar-refractivity contribution is 7.89. The molecule has 90 valence electrons. The van der Waals surface area contributed by atoms with Crippen molar-refractivity contribution < 1.29 is 17.2 Å². The third-order valence-corrected chi connectivity index (χ3v) is 3.72. The smallest absolute Gasteiger partial charge is 0.326 e. The van der Waals surface area contributed by atoms with Crippen LogP contribution in [0, 0.1) is 0 Å². The fourth-order valence-electron chi connectivity index (χ4n) is 1.75. The number of nitrogens with one attached hydrogen (secondary N) is 1. The number of nitrogens with two attached hydrogens (primary N) is 1. The van der Waals surface area contributed by atoms with Crippen LogP contribution in [0.25, 0.3) is 0 Å². The number of halogens is 2. The van der Waals surface area contributed by atoms with Crippen LogP contribution < -0.4 is 10.5 Å². The first kappa shape index (κ1) is 12.8. The van der Waals surface area contributed by atoms with Gasteiger partial charge in [0.15, 0.2) is 0 Å². The van der Waals surface area contributed by atoms with Gasteiger partial charge in [-0.2, -0.15) is 8.78 Å². The maximum absolute atomic E-state index is 12.1. The standard InChI is InChI=1S/C8H16F2N2O2S/c9-8(10)15(13,14)12-7-5-3-1-2-4-6(7)11/h6-8,12H,1-5,11H2. The van der Waals surface area contributed by atoms with E-state index in [1.165, 1.54) is 0 Å². The van der Waals surface area contributed by atoms with Gasteiger partial charge in [-0.1, -0.05) is 19.3 Å². The molecule has 0 spiro atoms. The SMILES string of the molecule is NC1CCCCCC1NS(=O)(=O)C(F)F. The van der Waals surface area contributed by atoms with Crippen molar-refractivity contribution >= 4 is 10.0 Å². The van der Waals surface area contributed by atoms with Crippen LogP contribution >= 0.6 is 0 Å². The molecule has 0 heterocycles. The van der Waals surface area contributed by atoms with Crippen molar-refractivity contribution in [2.75, 3.05) is 0 Å². The van der Waals surface area contributed by atoms with E-state index in [9.17, 15) is 17.2 Å². The second kappa shape index (κ2) is 5.18. The van der Waals surface area contributed by atoms with Crippen LogP contribution in [0.4, 0.5) is 8.78 Å². The number of sulfonamides is 1. The predicted molar refractivity (Wildman–Crippen MR) is 52.9 cm³/mol. The van der Waals surface area contributed by atoms with Crippen molar-refractivity contribution in [3.05, 3.63) is 0 Å². The minimum atomic E-state index is -4.51. The zero-order valence-electron chi connectivity index (χ0n) is 8.33. The molecule has 1 saturated carbocycles. The molecule has 2 unspecified atom stereocenters. The highest BCUT2D eigenvalue weighted by atomic mass is 32.2. The van der Waals surface area contributed by atoms with Crippen LogP contribution in [0.15, 0.2) is 0 Å².